The molecule has 0 heterocycles. The number of alkyl halides is 1. The summed E-state index contributed by atoms with van der Waals surface area (Å²) < 4.78 is 28.3. The van der Waals surface area contributed by atoms with E-state index < -0.39 is 10.0 Å². The molecule has 0 spiro atoms. The number of rotatable bonds is 3. The van der Waals surface area contributed by atoms with Gasteiger partial charge in [-0.05, 0) is 25.0 Å². The van der Waals surface area contributed by atoms with Gasteiger partial charge < -0.3 is 0 Å². The van der Waals surface area contributed by atoms with Gasteiger partial charge in [0.1, 0.15) is 4.90 Å². The zero-order chi connectivity index (χ0) is 14.9. The lowest BCUT2D eigenvalue weighted by atomic mass is 9.96. The molecule has 0 aromatic heterocycles. The third kappa shape index (κ3) is 3.90. The minimum Gasteiger partial charge on any atom is -0.207 e. The fourth-order valence-electron chi connectivity index (χ4n) is 2.26. The van der Waals surface area contributed by atoms with E-state index in [0.717, 1.165) is 25.7 Å². The Morgan fingerprint density at radius 2 is 1.70 bits per heavy atom. The molecule has 1 N–H and O–H groups in total. The van der Waals surface area contributed by atoms with Gasteiger partial charge in [0.2, 0.25) is 10.0 Å². The van der Waals surface area contributed by atoms with Crippen LogP contribution in [0.1, 0.15) is 25.7 Å². The van der Waals surface area contributed by atoms with Crippen molar-refractivity contribution >= 4 is 65.1 Å². The van der Waals surface area contributed by atoms with Gasteiger partial charge in [-0.25, -0.2) is 13.1 Å². The summed E-state index contributed by atoms with van der Waals surface area (Å²) in [6.07, 6.45) is 3.88. The van der Waals surface area contributed by atoms with Crippen molar-refractivity contribution in [3.63, 3.8) is 0 Å². The summed E-state index contributed by atoms with van der Waals surface area (Å²) in [6, 6.07) is 2.91. The summed E-state index contributed by atoms with van der Waals surface area (Å²) in [4.78, 5) is 0.0772. The molecule has 112 valence electrons. The van der Waals surface area contributed by atoms with Gasteiger partial charge in [0, 0.05) is 15.3 Å². The Morgan fingerprint density at radius 1 is 1.15 bits per heavy atom. The summed E-state index contributed by atoms with van der Waals surface area (Å²) in [5.74, 6) is 0. The van der Waals surface area contributed by atoms with Crippen molar-refractivity contribution in [2.75, 3.05) is 0 Å². The van der Waals surface area contributed by atoms with Gasteiger partial charge in [-0.2, -0.15) is 0 Å². The Hall–Kier alpha value is 0.670. The lowest BCUT2D eigenvalue weighted by molar-refractivity contribution is 0.427. The molecule has 1 aliphatic carbocycles. The van der Waals surface area contributed by atoms with Gasteiger partial charge in [-0.3, -0.25) is 0 Å². The van der Waals surface area contributed by atoms with Crippen LogP contribution in [0.25, 0.3) is 0 Å². The van der Waals surface area contributed by atoms with Crippen LogP contribution in [-0.2, 0) is 10.0 Å². The molecule has 1 aliphatic rings. The fraction of sp³-hybridized carbons (Fsp3) is 0.500. The molecule has 3 nitrogen and oxygen atoms in total. The van der Waals surface area contributed by atoms with E-state index in [4.69, 9.17) is 23.2 Å². The highest BCUT2D eigenvalue weighted by Crippen LogP contribution is 2.34. The first-order chi connectivity index (χ1) is 9.31. The number of halogens is 4. The van der Waals surface area contributed by atoms with Crippen LogP contribution in [0, 0.1) is 0 Å². The van der Waals surface area contributed by atoms with E-state index in [0.29, 0.717) is 4.47 Å². The van der Waals surface area contributed by atoms with Crippen LogP contribution in [0.3, 0.4) is 0 Å². The number of benzene rings is 1. The second-order valence-electron chi connectivity index (χ2n) is 4.73. The molecule has 0 saturated heterocycles. The minimum absolute atomic E-state index is 0.0608. The van der Waals surface area contributed by atoms with Crippen molar-refractivity contribution in [3.8, 4) is 0 Å². The van der Waals surface area contributed by atoms with Gasteiger partial charge in [0.15, 0.2) is 0 Å². The van der Waals surface area contributed by atoms with Crippen molar-refractivity contribution < 1.29 is 8.42 Å². The topological polar surface area (TPSA) is 46.2 Å². The molecule has 8 heteroatoms. The van der Waals surface area contributed by atoms with Gasteiger partial charge in [-0.15, -0.1) is 0 Å². The summed E-state index contributed by atoms with van der Waals surface area (Å²) in [5, 5.41) is 0.220. The maximum atomic E-state index is 12.5. The van der Waals surface area contributed by atoms with Crippen molar-refractivity contribution in [1.82, 2.24) is 4.72 Å². The summed E-state index contributed by atoms with van der Waals surface area (Å²) >= 11 is 18.8. The van der Waals surface area contributed by atoms with E-state index >= 15 is 0 Å². The average molecular weight is 466 g/mol. The maximum absolute atomic E-state index is 12.5. The van der Waals surface area contributed by atoms with Gasteiger partial charge >= 0.3 is 0 Å². The third-order valence-electron chi connectivity index (χ3n) is 3.22. The first kappa shape index (κ1) is 17.0. The molecule has 20 heavy (non-hydrogen) atoms. The van der Waals surface area contributed by atoms with E-state index in [-0.39, 0.29) is 25.8 Å². The predicted molar refractivity (Wildman–Crippen MR) is 89.5 cm³/mol. The quantitative estimate of drug-likeness (QED) is 0.655. The monoisotopic (exact) mass is 463 g/mol. The Bertz CT molecular complexity index is 586. The van der Waals surface area contributed by atoms with Gasteiger partial charge in [0.25, 0.3) is 0 Å². The largest absolute Gasteiger partial charge is 0.243 e. The van der Waals surface area contributed by atoms with Gasteiger partial charge in [-0.1, -0.05) is 67.9 Å². The molecule has 1 fully saturated rings. The van der Waals surface area contributed by atoms with Crippen LogP contribution in [0.5, 0.6) is 0 Å². The molecule has 1 aromatic carbocycles. The number of hydrogen-bond donors (Lipinski definition) is 1. The molecule has 1 aromatic rings. The molecule has 1 saturated carbocycles. The molecule has 2 atom stereocenters. The standard InChI is InChI=1S/C12H13Br2Cl2NO2S/c13-7-5-9(15)12(10(16)6-7)20(18,19)17-11-4-2-1-3-8(11)14/h5-6,8,11,17H,1-4H2. The van der Waals surface area contributed by atoms with E-state index in [9.17, 15) is 8.42 Å². The van der Waals surface area contributed by atoms with Crippen molar-refractivity contribution in [2.45, 2.75) is 41.4 Å². The molecule has 2 unspecified atom stereocenters. The highest BCUT2D eigenvalue weighted by Gasteiger charge is 2.30. The lowest BCUT2D eigenvalue weighted by Gasteiger charge is -2.28. The van der Waals surface area contributed by atoms with Crippen LogP contribution in [0.15, 0.2) is 21.5 Å². The van der Waals surface area contributed by atoms with E-state index in [1.807, 2.05) is 0 Å². The fourth-order valence-corrected chi connectivity index (χ4v) is 6.41. The zero-order valence-corrected chi connectivity index (χ0v) is 15.9. The smallest absolute Gasteiger partial charge is 0.207 e. The third-order valence-corrected chi connectivity index (χ3v) is 7.18. The van der Waals surface area contributed by atoms with Crippen LogP contribution < -0.4 is 4.72 Å². The lowest BCUT2D eigenvalue weighted by Crippen LogP contribution is -2.42. The number of sulfonamides is 1. The van der Waals surface area contributed by atoms with Crippen LogP contribution in [-0.4, -0.2) is 19.3 Å². The van der Waals surface area contributed by atoms with E-state index in [1.54, 1.807) is 0 Å². The summed E-state index contributed by atoms with van der Waals surface area (Å²) in [6.45, 7) is 0. The highest BCUT2D eigenvalue weighted by molar-refractivity contribution is 9.10. The predicted octanol–water partition coefficient (Wildman–Crippen LogP) is 4.74. The molecular weight excluding hydrogens is 453 g/mol. The molecular formula is C12H13Br2Cl2NO2S. The van der Waals surface area contributed by atoms with Crippen LogP contribution in [0.4, 0.5) is 0 Å². The first-order valence-electron chi connectivity index (χ1n) is 6.12. The molecule has 0 aliphatic heterocycles. The average Bonchev–Trinajstić information content (AvgIpc) is 2.30. The second kappa shape index (κ2) is 6.84. The Morgan fingerprint density at radius 3 is 2.25 bits per heavy atom. The van der Waals surface area contributed by atoms with Crippen LogP contribution in [0.2, 0.25) is 10.0 Å². The van der Waals surface area contributed by atoms with Crippen molar-refractivity contribution in [2.24, 2.45) is 0 Å². The molecule has 0 amide bonds. The Labute approximate surface area is 145 Å². The normalized spacial score (nSPS) is 23.8. The van der Waals surface area contributed by atoms with Crippen molar-refractivity contribution in [3.05, 3.63) is 26.7 Å². The van der Waals surface area contributed by atoms with E-state index in [2.05, 4.69) is 36.6 Å². The van der Waals surface area contributed by atoms with Crippen LogP contribution >= 0.6 is 55.1 Å². The molecule has 2 rings (SSSR count). The molecule has 0 radical (unpaired) electrons. The number of nitrogens with one attached hydrogen (secondary N) is 1. The zero-order valence-electron chi connectivity index (χ0n) is 10.4. The Balaban J connectivity index is 2.31. The van der Waals surface area contributed by atoms with E-state index in [1.165, 1.54) is 12.1 Å². The second-order valence-corrected chi connectivity index (χ2v) is 9.28. The number of hydrogen-bond acceptors (Lipinski definition) is 2. The summed E-state index contributed by atoms with van der Waals surface area (Å²) in [5.41, 5.74) is 0. The first-order valence-corrected chi connectivity index (χ1v) is 10.1. The summed E-state index contributed by atoms with van der Waals surface area (Å²) in [7, 11) is -3.74. The SMILES string of the molecule is O=S(=O)(NC1CCCCC1Br)c1c(Cl)cc(Br)cc1Cl. The minimum atomic E-state index is -3.74. The maximum Gasteiger partial charge on any atom is 0.243 e. The highest BCUT2D eigenvalue weighted by atomic mass is 79.9. The van der Waals surface area contributed by atoms with Gasteiger partial charge in [0.05, 0.1) is 10.0 Å². The molecule has 0 bridgehead atoms. The Kier molecular flexibility index (Phi) is 5.82. The van der Waals surface area contributed by atoms with Crippen molar-refractivity contribution in [1.29, 1.82) is 0 Å².